The van der Waals surface area contributed by atoms with E-state index in [1.807, 2.05) is 6.92 Å². The Balaban J connectivity index is 3.27. The molecule has 52 valence electrons. The second-order valence-electron chi connectivity index (χ2n) is 2.18. The summed E-state index contributed by atoms with van der Waals surface area (Å²) in [6, 6.07) is 5.30. The first kappa shape index (κ1) is 6.81. The number of hydrogen-bond donors (Lipinski definition) is 1. The monoisotopic (exact) mass is 135 g/mol. The lowest BCUT2D eigenvalue weighted by molar-refractivity contribution is 0.112. The van der Waals surface area contributed by atoms with E-state index in [4.69, 9.17) is 5.73 Å². The molecule has 0 unspecified atom stereocenters. The average Bonchev–Trinajstić information content (AvgIpc) is 1.95. The zero-order valence-corrected chi connectivity index (χ0v) is 5.79. The molecule has 0 saturated carbocycles. The first-order valence-electron chi connectivity index (χ1n) is 3.06. The van der Waals surface area contributed by atoms with Gasteiger partial charge in [-0.25, -0.2) is 0 Å². The summed E-state index contributed by atoms with van der Waals surface area (Å²) < 4.78 is 0. The Bertz CT molecular complexity index is 255. The third-order valence-corrected chi connectivity index (χ3v) is 1.54. The molecule has 0 bridgehead atoms. The maximum Gasteiger partial charge on any atom is 0.150 e. The molecule has 1 aromatic carbocycles. The van der Waals surface area contributed by atoms with Gasteiger partial charge in [-0.3, -0.25) is 4.79 Å². The van der Waals surface area contributed by atoms with Crippen molar-refractivity contribution in [3.63, 3.8) is 0 Å². The summed E-state index contributed by atoms with van der Waals surface area (Å²) >= 11 is 0. The van der Waals surface area contributed by atoms with Crippen molar-refractivity contribution in [2.24, 2.45) is 0 Å². The first-order valence-corrected chi connectivity index (χ1v) is 3.06. The quantitative estimate of drug-likeness (QED) is 0.467. The van der Waals surface area contributed by atoms with Crippen LogP contribution in [0.4, 0.5) is 5.69 Å². The fourth-order valence-corrected chi connectivity index (χ4v) is 0.800. The lowest BCUT2D eigenvalue weighted by atomic mass is 10.1. The van der Waals surface area contributed by atoms with Gasteiger partial charge in [-0.2, -0.15) is 0 Å². The molecular formula is C8H9NO. The van der Waals surface area contributed by atoms with E-state index in [2.05, 4.69) is 0 Å². The summed E-state index contributed by atoms with van der Waals surface area (Å²) in [5.41, 5.74) is 7.73. The van der Waals surface area contributed by atoms with Gasteiger partial charge in [0.25, 0.3) is 0 Å². The van der Waals surface area contributed by atoms with Crippen molar-refractivity contribution in [2.45, 2.75) is 6.92 Å². The van der Waals surface area contributed by atoms with E-state index in [9.17, 15) is 4.79 Å². The topological polar surface area (TPSA) is 43.1 Å². The first-order chi connectivity index (χ1) is 4.75. The number of carbonyl (C=O) groups is 1. The predicted octanol–water partition coefficient (Wildman–Crippen LogP) is 1.39. The van der Waals surface area contributed by atoms with Gasteiger partial charge >= 0.3 is 0 Å². The van der Waals surface area contributed by atoms with Crippen molar-refractivity contribution in [3.05, 3.63) is 29.3 Å². The second-order valence-corrected chi connectivity index (χ2v) is 2.18. The summed E-state index contributed by atoms with van der Waals surface area (Å²) in [4.78, 5) is 10.3. The molecule has 0 saturated heterocycles. The largest absolute Gasteiger partial charge is 0.398 e. The highest BCUT2D eigenvalue weighted by Gasteiger charge is 1.97. The van der Waals surface area contributed by atoms with Gasteiger partial charge in [0, 0.05) is 11.3 Å². The van der Waals surface area contributed by atoms with Gasteiger partial charge in [-0.15, -0.1) is 0 Å². The molecule has 0 aromatic heterocycles. The fourth-order valence-electron chi connectivity index (χ4n) is 0.800. The normalized spacial score (nSPS) is 9.30. The predicted molar refractivity (Wildman–Crippen MR) is 41.0 cm³/mol. The van der Waals surface area contributed by atoms with Gasteiger partial charge in [0.15, 0.2) is 0 Å². The number of nitrogens with two attached hydrogens (primary N) is 1. The number of aldehydes is 1. The number of hydrogen-bond acceptors (Lipinski definition) is 2. The molecule has 0 aliphatic rings. The molecule has 1 aromatic rings. The fraction of sp³-hybridized carbons (Fsp3) is 0.125. The summed E-state index contributed by atoms with van der Waals surface area (Å²) in [6.45, 7) is 1.83. The minimum absolute atomic E-state index is 0.667. The summed E-state index contributed by atoms with van der Waals surface area (Å²) in [7, 11) is 0. The molecular weight excluding hydrogens is 126 g/mol. The number of benzene rings is 1. The lowest BCUT2D eigenvalue weighted by Crippen LogP contribution is -1.93. The van der Waals surface area contributed by atoms with E-state index in [0.29, 0.717) is 11.3 Å². The number of carbonyl (C=O) groups excluding carboxylic acids is 1. The van der Waals surface area contributed by atoms with Gasteiger partial charge in [0.2, 0.25) is 0 Å². The van der Waals surface area contributed by atoms with Crippen LogP contribution in [-0.4, -0.2) is 6.29 Å². The highest BCUT2D eigenvalue weighted by molar-refractivity contribution is 5.79. The van der Waals surface area contributed by atoms with Crippen LogP contribution < -0.4 is 5.73 Å². The molecule has 0 aliphatic carbocycles. The summed E-state index contributed by atoms with van der Waals surface area (Å²) in [5, 5.41) is 0. The Hall–Kier alpha value is -1.31. The van der Waals surface area contributed by atoms with Crippen molar-refractivity contribution < 1.29 is 4.79 Å². The van der Waals surface area contributed by atoms with Crippen LogP contribution in [0.2, 0.25) is 0 Å². The van der Waals surface area contributed by atoms with Crippen LogP contribution in [0.3, 0.4) is 0 Å². The Kier molecular flexibility index (Phi) is 1.71. The second kappa shape index (κ2) is 2.52. The standard InChI is InChI=1S/C8H9NO/c1-6-7(5-10)3-2-4-8(6)9/h2-5H,9H2,1H3. The maximum atomic E-state index is 10.3. The molecule has 0 fully saturated rings. The van der Waals surface area contributed by atoms with Crippen molar-refractivity contribution in [1.82, 2.24) is 0 Å². The summed E-state index contributed by atoms with van der Waals surface area (Å²) in [6.07, 6.45) is 0.811. The molecule has 0 atom stereocenters. The molecule has 2 N–H and O–H groups in total. The lowest BCUT2D eigenvalue weighted by Gasteiger charge is -1.99. The summed E-state index contributed by atoms with van der Waals surface area (Å²) in [5.74, 6) is 0. The molecule has 1 rings (SSSR count). The van der Waals surface area contributed by atoms with E-state index < -0.39 is 0 Å². The Morgan fingerprint density at radius 1 is 1.50 bits per heavy atom. The smallest absolute Gasteiger partial charge is 0.150 e. The Morgan fingerprint density at radius 2 is 2.20 bits per heavy atom. The Labute approximate surface area is 59.7 Å². The van der Waals surface area contributed by atoms with Gasteiger partial charge in [0.1, 0.15) is 6.29 Å². The van der Waals surface area contributed by atoms with E-state index in [-0.39, 0.29) is 0 Å². The van der Waals surface area contributed by atoms with Crippen LogP contribution in [0.15, 0.2) is 18.2 Å². The third kappa shape index (κ3) is 1.00. The van der Waals surface area contributed by atoms with Crippen molar-refractivity contribution in [1.29, 1.82) is 0 Å². The molecule has 0 aliphatic heterocycles. The molecule has 0 amide bonds. The zero-order valence-electron chi connectivity index (χ0n) is 5.79. The van der Waals surface area contributed by atoms with E-state index in [1.54, 1.807) is 18.2 Å². The van der Waals surface area contributed by atoms with Crippen molar-refractivity contribution >= 4 is 12.0 Å². The highest BCUT2D eigenvalue weighted by atomic mass is 16.1. The van der Waals surface area contributed by atoms with Crippen molar-refractivity contribution in [3.8, 4) is 0 Å². The van der Waals surface area contributed by atoms with E-state index in [0.717, 1.165) is 11.8 Å². The molecule has 0 spiro atoms. The number of nitrogen functional groups attached to an aromatic ring is 1. The molecule has 2 nitrogen and oxygen atoms in total. The van der Waals surface area contributed by atoms with Crippen LogP contribution in [0.5, 0.6) is 0 Å². The van der Waals surface area contributed by atoms with Gasteiger partial charge in [-0.1, -0.05) is 12.1 Å². The third-order valence-electron chi connectivity index (χ3n) is 1.54. The van der Waals surface area contributed by atoms with Crippen LogP contribution in [0, 0.1) is 6.92 Å². The molecule has 0 radical (unpaired) electrons. The molecule has 0 heterocycles. The SMILES string of the molecule is Cc1c(N)cccc1C=O. The van der Waals surface area contributed by atoms with E-state index in [1.165, 1.54) is 0 Å². The van der Waals surface area contributed by atoms with Crippen LogP contribution >= 0.6 is 0 Å². The van der Waals surface area contributed by atoms with E-state index >= 15 is 0 Å². The number of rotatable bonds is 1. The van der Waals surface area contributed by atoms with Gasteiger partial charge in [0.05, 0.1) is 0 Å². The van der Waals surface area contributed by atoms with Crippen LogP contribution in [-0.2, 0) is 0 Å². The van der Waals surface area contributed by atoms with Crippen LogP contribution in [0.1, 0.15) is 15.9 Å². The minimum atomic E-state index is 0.667. The Morgan fingerprint density at radius 3 is 2.70 bits per heavy atom. The van der Waals surface area contributed by atoms with Crippen molar-refractivity contribution in [2.75, 3.05) is 5.73 Å². The molecule has 2 heteroatoms. The number of anilines is 1. The van der Waals surface area contributed by atoms with Gasteiger partial charge in [-0.05, 0) is 18.6 Å². The molecule has 10 heavy (non-hydrogen) atoms. The van der Waals surface area contributed by atoms with Gasteiger partial charge < -0.3 is 5.73 Å². The average molecular weight is 135 g/mol. The zero-order chi connectivity index (χ0) is 7.56. The maximum absolute atomic E-state index is 10.3. The minimum Gasteiger partial charge on any atom is -0.398 e. The van der Waals surface area contributed by atoms with Crippen LogP contribution in [0.25, 0.3) is 0 Å². The highest BCUT2D eigenvalue weighted by Crippen LogP contribution is 2.12.